The summed E-state index contributed by atoms with van der Waals surface area (Å²) in [7, 11) is 1.84. The number of hydrogen-bond acceptors (Lipinski definition) is 6. The Morgan fingerprint density at radius 2 is 2.10 bits per heavy atom. The molecule has 5 aromatic rings. The smallest absolute Gasteiger partial charge is 0.252 e. The Bertz CT molecular complexity index is 1370. The summed E-state index contributed by atoms with van der Waals surface area (Å²) in [5.74, 6) is 0.532. The van der Waals surface area contributed by atoms with Crippen molar-refractivity contribution in [2.75, 3.05) is 0 Å². The highest BCUT2D eigenvalue weighted by molar-refractivity contribution is 7.13. The van der Waals surface area contributed by atoms with Crippen molar-refractivity contribution in [3.8, 4) is 16.4 Å². The first-order chi connectivity index (χ1) is 15.1. The van der Waals surface area contributed by atoms with Gasteiger partial charge in [-0.1, -0.05) is 6.07 Å². The van der Waals surface area contributed by atoms with Crippen molar-refractivity contribution in [1.82, 2.24) is 34.8 Å². The number of aromatic nitrogens is 6. The molecule has 31 heavy (non-hydrogen) atoms. The van der Waals surface area contributed by atoms with E-state index < -0.39 is 0 Å². The Labute approximate surface area is 182 Å². The molecule has 0 bridgehead atoms. The Morgan fingerprint density at radius 3 is 2.87 bits per heavy atom. The number of pyridine rings is 2. The van der Waals surface area contributed by atoms with E-state index in [1.54, 1.807) is 33.1 Å². The molecule has 0 aliphatic carbocycles. The first-order valence-electron chi connectivity index (χ1n) is 9.71. The summed E-state index contributed by atoms with van der Waals surface area (Å²) < 4.78 is 3.40. The molecule has 0 aromatic carbocycles. The molecule has 0 saturated carbocycles. The Hall–Kier alpha value is -3.85. The second kappa shape index (κ2) is 7.77. The van der Waals surface area contributed by atoms with Crippen LogP contribution in [0.25, 0.3) is 27.4 Å². The van der Waals surface area contributed by atoms with Gasteiger partial charge in [0.25, 0.3) is 5.91 Å². The molecule has 0 fully saturated rings. The van der Waals surface area contributed by atoms with Crippen LogP contribution >= 0.6 is 11.3 Å². The average molecular weight is 430 g/mol. The summed E-state index contributed by atoms with van der Waals surface area (Å²) in [6.45, 7) is 2.26. The van der Waals surface area contributed by atoms with Crippen molar-refractivity contribution in [3.63, 3.8) is 0 Å². The first-order valence-corrected chi connectivity index (χ1v) is 10.6. The van der Waals surface area contributed by atoms with Gasteiger partial charge in [0.1, 0.15) is 0 Å². The SMILES string of the molecule is Cc1nn(C)c2nc(-c3cccs3)cc(C(=O)NCc3ccnc(-n4cccn4)c3)c12. The van der Waals surface area contributed by atoms with Crippen LogP contribution in [0.2, 0.25) is 0 Å². The molecular formula is C22H19N7OS. The molecule has 1 N–H and O–H groups in total. The van der Waals surface area contributed by atoms with Crippen molar-refractivity contribution < 1.29 is 4.79 Å². The molecule has 9 heteroatoms. The summed E-state index contributed by atoms with van der Waals surface area (Å²) in [6.07, 6.45) is 5.24. The molecule has 5 rings (SSSR count). The summed E-state index contributed by atoms with van der Waals surface area (Å²) in [5.41, 5.74) is 3.73. The van der Waals surface area contributed by atoms with E-state index in [2.05, 4.69) is 20.5 Å². The van der Waals surface area contributed by atoms with Crippen molar-refractivity contribution in [2.45, 2.75) is 13.5 Å². The van der Waals surface area contributed by atoms with Crippen LogP contribution in [0.4, 0.5) is 0 Å². The molecule has 0 aliphatic heterocycles. The third-order valence-corrected chi connectivity index (χ3v) is 5.88. The molecule has 0 spiro atoms. The maximum absolute atomic E-state index is 13.2. The van der Waals surface area contributed by atoms with Gasteiger partial charge in [0.15, 0.2) is 11.5 Å². The molecule has 1 amide bonds. The normalized spacial score (nSPS) is 11.2. The number of nitrogens with one attached hydrogen (secondary N) is 1. The van der Waals surface area contributed by atoms with E-state index in [1.165, 1.54) is 0 Å². The number of thiophene rings is 1. The second-order valence-corrected chi connectivity index (χ2v) is 8.04. The predicted molar refractivity (Wildman–Crippen MR) is 119 cm³/mol. The van der Waals surface area contributed by atoms with E-state index in [1.807, 2.05) is 61.9 Å². The van der Waals surface area contributed by atoms with E-state index in [4.69, 9.17) is 4.98 Å². The van der Waals surface area contributed by atoms with Crippen LogP contribution in [-0.4, -0.2) is 35.4 Å². The van der Waals surface area contributed by atoms with Crippen LogP contribution in [0.3, 0.4) is 0 Å². The Balaban J connectivity index is 1.47. The highest BCUT2D eigenvalue weighted by Gasteiger charge is 2.19. The van der Waals surface area contributed by atoms with E-state index in [9.17, 15) is 4.79 Å². The zero-order chi connectivity index (χ0) is 21.4. The third kappa shape index (κ3) is 3.59. The fourth-order valence-corrected chi connectivity index (χ4v) is 4.24. The van der Waals surface area contributed by atoms with E-state index in [-0.39, 0.29) is 5.91 Å². The number of nitrogens with zero attached hydrogens (tertiary/aromatic N) is 6. The maximum Gasteiger partial charge on any atom is 0.252 e. The quantitative estimate of drug-likeness (QED) is 0.462. The lowest BCUT2D eigenvalue weighted by Crippen LogP contribution is -2.23. The lowest BCUT2D eigenvalue weighted by atomic mass is 10.1. The van der Waals surface area contributed by atoms with Gasteiger partial charge in [0.05, 0.1) is 27.2 Å². The van der Waals surface area contributed by atoms with E-state index in [0.29, 0.717) is 23.6 Å². The molecule has 5 aromatic heterocycles. The van der Waals surface area contributed by atoms with Crippen molar-refractivity contribution >= 4 is 28.3 Å². The number of hydrogen-bond donors (Lipinski definition) is 1. The van der Waals surface area contributed by atoms with Crippen LogP contribution in [0, 0.1) is 6.92 Å². The summed E-state index contributed by atoms with van der Waals surface area (Å²) >= 11 is 1.59. The van der Waals surface area contributed by atoms with Crippen LogP contribution < -0.4 is 5.32 Å². The van der Waals surface area contributed by atoms with Gasteiger partial charge in [-0.3, -0.25) is 9.48 Å². The first kappa shape index (κ1) is 19.1. The minimum absolute atomic E-state index is 0.168. The molecule has 0 aliphatic rings. The van der Waals surface area contributed by atoms with Gasteiger partial charge < -0.3 is 5.32 Å². The topological polar surface area (TPSA) is 90.5 Å². The van der Waals surface area contributed by atoms with Crippen molar-refractivity contribution in [2.24, 2.45) is 7.05 Å². The van der Waals surface area contributed by atoms with Gasteiger partial charge in [-0.2, -0.15) is 10.2 Å². The van der Waals surface area contributed by atoms with Gasteiger partial charge in [0, 0.05) is 32.2 Å². The fraction of sp³-hybridized carbons (Fsp3) is 0.136. The van der Waals surface area contributed by atoms with Gasteiger partial charge >= 0.3 is 0 Å². The standard InChI is InChI=1S/C22H19N7OS/c1-14-20-16(12-17(18-5-3-10-31-18)26-21(20)28(2)27-14)22(30)24-13-15-6-8-23-19(11-15)29-9-4-7-25-29/h3-12H,13H2,1-2H3,(H,24,30). The van der Waals surface area contributed by atoms with Crippen LogP contribution in [0.1, 0.15) is 21.6 Å². The highest BCUT2D eigenvalue weighted by atomic mass is 32.1. The maximum atomic E-state index is 13.2. The molecule has 0 radical (unpaired) electrons. The average Bonchev–Trinajstić information content (AvgIpc) is 3.54. The molecule has 0 unspecified atom stereocenters. The Kier molecular flexibility index (Phi) is 4.79. The van der Waals surface area contributed by atoms with Gasteiger partial charge in [-0.05, 0) is 48.2 Å². The van der Waals surface area contributed by atoms with Crippen molar-refractivity contribution in [1.29, 1.82) is 0 Å². The lowest BCUT2D eigenvalue weighted by Gasteiger charge is -2.10. The number of aryl methyl sites for hydroxylation is 2. The van der Waals surface area contributed by atoms with E-state index >= 15 is 0 Å². The molecule has 0 saturated heterocycles. The number of amides is 1. The number of carbonyl (C=O) groups is 1. The molecule has 5 heterocycles. The van der Waals surface area contributed by atoms with Crippen LogP contribution in [-0.2, 0) is 13.6 Å². The largest absolute Gasteiger partial charge is 0.348 e. The number of rotatable bonds is 5. The van der Waals surface area contributed by atoms with Gasteiger partial charge in [-0.15, -0.1) is 11.3 Å². The van der Waals surface area contributed by atoms with Crippen molar-refractivity contribution in [3.05, 3.63) is 77.2 Å². The minimum Gasteiger partial charge on any atom is -0.348 e. The minimum atomic E-state index is -0.168. The summed E-state index contributed by atoms with van der Waals surface area (Å²) in [5, 5.41) is 14.5. The van der Waals surface area contributed by atoms with Crippen LogP contribution in [0.5, 0.6) is 0 Å². The molecule has 8 nitrogen and oxygen atoms in total. The molecular weight excluding hydrogens is 410 g/mol. The van der Waals surface area contributed by atoms with Gasteiger partial charge in [0.2, 0.25) is 0 Å². The fourth-order valence-electron chi connectivity index (χ4n) is 3.55. The predicted octanol–water partition coefficient (Wildman–Crippen LogP) is 3.52. The van der Waals surface area contributed by atoms with E-state index in [0.717, 1.165) is 27.2 Å². The number of fused-ring (bicyclic) bond motifs is 1. The summed E-state index contributed by atoms with van der Waals surface area (Å²) in [6, 6.07) is 11.4. The zero-order valence-corrected chi connectivity index (χ0v) is 17.8. The number of carbonyl (C=O) groups excluding carboxylic acids is 1. The molecule has 154 valence electrons. The Morgan fingerprint density at radius 1 is 1.19 bits per heavy atom. The third-order valence-electron chi connectivity index (χ3n) is 4.99. The monoisotopic (exact) mass is 429 g/mol. The van der Waals surface area contributed by atoms with Crippen LogP contribution in [0.15, 0.2) is 60.4 Å². The second-order valence-electron chi connectivity index (χ2n) is 7.10. The summed E-state index contributed by atoms with van der Waals surface area (Å²) in [4.78, 5) is 23.3. The lowest BCUT2D eigenvalue weighted by molar-refractivity contribution is 0.0952. The van der Waals surface area contributed by atoms with Gasteiger partial charge in [-0.25, -0.2) is 14.6 Å². The zero-order valence-electron chi connectivity index (χ0n) is 17.0. The highest BCUT2D eigenvalue weighted by Crippen LogP contribution is 2.29. The molecule has 0 atom stereocenters.